The van der Waals surface area contributed by atoms with E-state index in [4.69, 9.17) is 4.74 Å². The third kappa shape index (κ3) is 3.72. The summed E-state index contributed by atoms with van der Waals surface area (Å²) in [6, 6.07) is 7.56. The molecule has 3 heteroatoms. The molecular formula is C14H21NO2. The zero-order valence-electron chi connectivity index (χ0n) is 10.4. The van der Waals surface area contributed by atoms with E-state index in [0.29, 0.717) is 5.75 Å². The molecule has 1 aromatic rings. The molecule has 0 saturated carbocycles. The number of para-hydroxylation sites is 1. The van der Waals surface area contributed by atoms with Crippen LogP contribution in [0.25, 0.3) is 0 Å². The number of ether oxygens (including phenoxy) is 1. The van der Waals surface area contributed by atoms with Crippen LogP contribution >= 0.6 is 0 Å². The fourth-order valence-corrected chi connectivity index (χ4v) is 2.37. The molecule has 1 N–H and O–H groups in total. The minimum atomic E-state index is 0.395. The van der Waals surface area contributed by atoms with Crippen LogP contribution in [-0.2, 0) is 11.3 Å². The first kappa shape index (κ1) is 12.4. The number of aromatic hydroxyl groups is 1. The molecule has 0 aliphatic carbocycles. The molecule has 1 fully saturated rings. The summed E-state index contributed by atoms with van der Waals surface area (Å²) in [4.78, 5) is 2.28. The van der Waals surface area contributed by atoms with Gasteiger partial charge in [0.2, 0.25) is 0 Å². The maximum atomic E-state index is 9.72. The topological polar surface area (TPSA) is 32.7 Å². The highest BCUT2D eigenvalue weighted by atomic mass is 16.5. The van der Waals surface area contributed by atoms with Gasteiger partial charge in [-0.25, -0.2) is 0 Å². The Morgan fingerprint density at radius 2 is 2.00 bits per heavy atom. The van der Waals surface area contributed by atoms with Crippen molar-refractivity contribution in [3.8, 4) is 5.75 Å². The lowest BCUT2D eigenvalue weighted by Gasteiger charge is -2.27. The van der Waals surface area contributed by atoms with Gasteiger partial charge >= 0.3 is 0 Å². The van der Waals surface area contributed by atoms with Crippen molar-refractivity contribution in [1.82, 2.24) is 4.90 Å². The van der Waals surface area contributed by atoms with Gasteiger partial charge in [-0.05, 0) is 31.9 Å². The molecule has 0 bridgehead atoms. The minimum Gasteiger partial charge on any atom is -0.508 e. The summed E-state index contributed by atoms with van der Waals surface area (Å²) in [5, 5.41) is 9.72. The van der Waals surface area contributed by atoms with E-state index >= 15 is 0 Å². The maximum absolute atomic E-state index is 9.72. The van der Waals surface area contributed by atoms with Crippen molar-refractivity contribution in [2.24, 2.45) is 5.92 Å². The van der Waals surface area contributed by atoms with Gasteiger partial charge in [0.1, 0.15) is 5.75 Å². The second kappa shape index (κ2) is 6.03. The van der Waals surface area contributed by atoms with Crippen LogP contribution in [0.4, 0.5) is 0 Å². The number of benzene rings is 1. The predicted octanol–water partition coefficient (Wildman–Crippen LogP) is 2.25. The van der Waals surface area contributed by atoms with Crippen LogP contribution in [-0.4, -0.2) is 36.8 Å². The van der Waals surface area contributed by atoms with E-state index in [0.717, 1.165) is 50.6 Å². The number of hydrogen-bond acceptors (Lipinski definition) is 3. The highest BCUT2D eigenvalue weighted by Gasteiger charge is 2.16. The number of phenols is 1. The second-order valence-electron chi connectivity index (χ2n) is 4.88. The molecule has 0 aromatic heterocycles. The summed E-state index contributed by atoms with van der Waals surface area (Å²) in [6.45, 7) is 3.69. The Balaban J connectivity index is 1.84. The number of rotatable bonds is 4. The van der Waals surface area contributed by atoms with E-state index in [2.05, 4.69) is 11.9 Å². The molecule has 1 aliphatic heterocycles. The van der Waals surface area contributed by atoms with Crippen molar-refractivity contribution in [2.75, 3.05) is 26.8 Å². The van der Waals surface area contributed by atoms with Crippen molar-refractivity contribution in [1.29, 1.82) is 0 Å². The number of nitrogens with zero attached hydrogens (tertiary/aromatic N) is 1. The Kier molecular flexibility index (Phi) is 4.40. The molecule has 0 spiro atoms. The average molecular weight is 235 g/mol. The average Bonchev–Trinajstić information content (AvgIpc) is 2.33. The van der Waals surface area contributed by atoms with Gasteiger partial charge in [0.15, 0.2) is 0 Å². The summed E-state index contributed by atoms with van der Waals surface area (Å²) in [7, 11) is 2.11. The van der Waals surface area contributed by atoms with Gasteiger partial charge in [0.05, 0.1) is 0 Å². The van der Waals surface area contributed by atoms with E-state index in [1.54, 1.807) is 6.07 Å². The molecule has 17 heavy (non-hydrogen) atoms. The van der Waals surface area contributed by atoms with E-state index < -0.39 is 0 Å². The third-order valence-corrected chi connectivity index (χ3v) is 3.34. The van der Waals surface area contributed by atoms with Crippen molar-refractivity contribution in [2.45, 2.75) is 19.4 Å². The van der Waals surface area contributed by atoms with Crippen molar-refractivity contribution in [3.05, 3.63) is 29.8 Å². The van der Waals surface area contributed by atoms with Crippen molar-refractivity contribution >= 4 is 0 Å². The lowest BCUT2D eigenvalue weighted by molar-refractivity contribution is 0.0549. The molecule has 94 valence electrons. The highest BCUT2D eigenvalue weighted by Crippen LogP contribution is 2.20. The van der Waals surface area contributed by atoms with Gasteiger partial charge in [-0.2, -0.15) is 0 Å². The minimum absolute atomic E-state index is 0.395. The standard InChI is InChI=1S/C14H21NO2/c1-15(10-12-6-8-17-9-7-12)11-13-4-2-3-5-14(13)16/h2-5,12,16H,6-11H2,1H3. The predicted molar refractivity (Wildman–Crippen MR) is 68.0 cm³/mol. The van der Waals surface area contributed by atoms with Gasteiger partial charge in [0, 0.05) is 31.9 Å². The quantitative estimate of drug-likeness (QED) is 0.869. The van der Waals surface area contributed by atoms with E-state index in [9.17, 15) is 5.11 Å². The van der Waals surface area contributed by atoms with Crippen LogP contribution < -0.4 is 0 Å². The summed E-state index contributed by atoms with van der Waals surface area (Å²) >= 11 is 0. The molecule has 0 amide bonds. The SMILES string of the molecule is CN(Cc1ccccc1O)CC1CCOCC1. The van der Waals surface area contributed by atoms with Gasteiger partial charge in [-0.15, -0.1) is 0 Å². The van der Waals surface area contributed by atoms with Crippen molar-refractivity contribution in [3.63, 3.8) is 0 Å². The fraction of sp³-hybridized carbons (Fsp3) is 0.571. The monoisotopic (exact) mass is 235 g/mol. The summed E-state index contributed by atoms with van der Waals surface area (Å²) in [5.74, 6) is 1.13. The molecule has 3 nitrogen and oxygen atoms in total. The van der Waals surface area contributed by atoms with Crippen LogP contribution in [0.15, 0.2) is 24.3 Å². The second-order valence-corrected chi connectivity index (χ2v) is 4.88. The Labute approximate surface area is 103 Å². The molecule has 0 atom stereocenters. The summed E-state index contributed by atoms with van der Waals surface area (Å²) < 4.78 is 5.36. The van der Waals surface area contributed by atoms with E-state index in [1.807, 2.05) is 18.2 Å². The molecule has 1 aliphatic rings. The largest absolute Gasteiger partial charge is 0.508 e. The first-order valence-corrected chi connectivity index (χ1v) is 6.29. The first-order chi connectivity index (χ1) is 8.25. The summed E-state index contributed by atoms with van der Waals surface area (Å²) in [5.41, 5.74) is 1.00. The maximum Gasteiger partial charge on any atom is 0.120 e. The van der Waals surface area contributed by atoms with Gasteiger partial charge in [-0.1, -0.05) is 18.2 Å². The van der Waals surface area contributed by atoms with Crippen LogP contribution in [0.5, 0.6) is 5.75 Å². The fourth-order valence-electron chi connectivity index (χ4n) is 2.37. The number of hydrogen-bond donors (Lipinski definition) is 1. The molecule has 1 saturated heterocycles. The smallest absolute Gasteiger partial charge is 0.120 e. The Bertz CT molecular complexity index is 348. The van der Waals surface area contributed by atoms with Gasteiger partial charge in [-0.3, -0.25) is 0 Å². The van der Waals surface area contributed by atoms with Crippen LogP contribution in [0.3, 0.4) is 0 Å². The highest BCUT2D eigenvalue weighted by molar-refractivity contribution is 5.31. The molecule has 0 unspecified atom stereocenters. The lowest BCUT2D eigenvalue weighted by atomic mass is 9.99. The van der Waals surface area contributed by atoms with Crippen LogP contribution in [0.1, 0.15) is 18.4 Å². The van der Waals surface area contributed by atoms with E-state index in [-0.39, 0.29) is 0 Å². The third-order valence-electron chi connectivity index (χ3n) is 3.34. The van der Waals surface area contributed by atoms with Crippen molar-refractivity contribution < 1.29 is 9.84 Å². The Morgan fingerprint density at radius 3 is 2.71 bits per heavy atom. The van der Waals surface area contributed by atoms with E-state index in [1.165, 1.54) is 0 Å². The Hall–Kier alpha value is -1.06. The van der Waals surface area contributed by atoms with Crippen LogP contribution in [0, 0.1) is 5.92 Å². The van der Waals surface area contributed by atoms with Crippen LogP contribution in [0.2, 0.25) is 0 Å². The molecular weight excluding hydrogens is 214 g/mol. The molecule has 1 heterocycles. The zero-order chi connectivity index (χ0) is 12.1. The normalized spacial score (nSPS) is 17.5. The Morgan fingerprint density at radius 1 is 1.29 bits per heavy atom. The molecule has 0 radical (unpaired) electrons. The number of phenolic OH excluding ortho intramolecular Hbond substituents is 1. The molecule has 2 rings (SSSR count). The van der Waals surface area contributed by atoms with Gasteiger partial charge in [0.25, 0.3) is 0 Å². The molecule has 1 aromatic carbocycles. The zero-order valence-corrected chi connectivity index (χ0v) is 10.4. The van der Waals surface area contributed by atoms with Gasteiger partial charge < -0.3 is 14.7 Å². The first-order valence-electron chi connectivity index (χ1n) is 6.29. The lowest BCUT2D eigenvalue weighted by Crippen LogP contribution is -2.29. The summed E-state index contributed by atoms with van der Waals surface area (Å²) in [6.07, 6.45) is 2.32.